The highest BCUT2D eigenvalue weighted by atomic mass is 35.5. The molecule has 0 spiro atoms. The van der Waals surface area contributed by atoms with Crippen molar-refractivity contribution in [3.63, 3.8) is 0 Å². The predicted molar refractivity (Wildman–Crippen MR) is 245 cm³/mol. The Bertz CT molecular complexity index is 2630. The Labute approximate surface area is 385 Å². The number of amides is 5. The molecule has 0 unspecified atom stereocenters. The Hall–Kier alpha value is -6.86. The summed E-state index contributed by atoms with van der Waals surface area (Å²) in [6.45, 7) is 11.5. The average Bonchev–Trinajstić information content (AvgIpc) is 3.93. The summed E-state index contributed by atoms with van der Waals surface area (Å²) in [5.74, 6) is -2.85. The van der Waals surface area contributed by atoms with Gasteiger partial charge in [0, 0.05) is 61.0 Å². The van der Waals surface area contributed by atoms with Crippen LogP contribution in [0, 0.1) is 5.92 Å². The molecule has 2 aliphatic rings. The molecule has 2 aromatic heterocycles. The molecule has 20 heteroatoms. The molecule has 2 fully saturated rings. The fourth-order valence-electron chi connectivity index (χ4n) is 7.96. The number of benzene rings is 3. The van der Waals surface area contributed by atoms with Crippen LogP contribution in [0.15, 0.2) is 73.1 Å². The molecule has 0 radical (unpaired) electrons. The molecule has 348 valence electrons. The first-order chi connectivity index (χ1) is 31.3. The second-order valence-electron chi connectivity index (χ2n) is 18.2. The second kappa shape index (κ2) is 19.3. The fraction of sp³-hybridized carbons (Fsp3) is 0.413. The maximum absolute atomic E-state index is 14.6. The van der Waals surface area contributed by atoms with Gasteiger partial charge in [0.25, 0.3) is 0 Å². The zero-order valence-electron chi connectivity index (χ0n) is 37.6. The number of likely N-dealkylation sites (tertiary alicyclic amines) is 1. The molecule has 5 aromatic rings. The summed E-state index contributed by atoms with van der Waals surface area (Å²) < 4.78 is 13.7. The molecule has 5 amide bonds. The van der Waals surface area contributed by atoms with Gasteiger partial charge < -0.3 is 39.9 Å². The van der Waals surface area contributed by atoms with Gasteiger partial charge in [0.1, 0.15) is 29.3 Å². The summed E-state index contributed by atoms with van der Waals surface area (Å²) in [6.07, 6.45) is 2.86. The van der Waals surface area contributed by atoms with Crippen molar-refractivity contribution in [3.05, 3.63) is 89.3 Å². The number of nitrogens with zero attached hydrogens (tertiary/aromatic N) is 8. The van der Waals surface area contributed by atoms with Gasteiger partial charge in [-0.05, 0) is 137 Å². The van der Waals surface area contributed by atoms with Crippen LogP contribution in [0.1, 0.15) is 76.9 Å². The second-order valence-corrected chi connectivity index (χ2v) is 18.7. The van der Waals surface area contributed by atoms with Crippen molar-refractivity contribution in [1.29, 1.82) is 0 Å². The van der Waals surface area contributed by atoms with Crippen molar-refractivity contribution < 1.29 is 43.3 Å². The number of halogens is 1. The molecule has 0 saturated carbocycles. The van der Waals surface area contributed by atoms with E-state index < -0.39 is 47.0 Å². The summed E-state index contributed by atoms with van der Waals surface area (Å²) in [5.41, 5.74) is 0.599. The van der Waals surface area contributed by atoms with Gasteiger partial charge >= 0.3 is 29.9 Å². The van der Waals surface area contributed by atoms with Crippen LogP contribution in [0.4, 0.5) is 26.7 Å². The summed E-state index contributed by atoms with van der Waals surface area (Å²) in [5, 5.41) is 27.1. The molecule has 19 nitrogen and oxygen atoms in total. The summed E-state index contributed by atoms with van der Waals surface area (Å²) in [4.78, 5) is 87.1. The Balaban J connectivity index is 1.16. The van der Waals surface area contributed by atoms with Gasteiger partial charge in [0.15, 0.2) is 0 Å². The minimum Gasteiger partial charge on any atom is -0.455 e. The van der Waals surface area contributed by atoms with E-state index in [1.807, 2.05) is 0 Å². The van der Waals surface area contributed by atoms with Crippen molar-refractivity contribution in [2.45, 2.75) is 84.5 Å². The monoisotopic (exact) mass is 924 g/mol. The number of carbonyl (C=O) groups excluding carboxylic acids is 6. The number of nitrogens with one attached hydrogen (secondary N) is 2. The highest BCUT2D eigenvalue weighted by molar-refractivity contribution is 6.41. The molecule has 0 aliphatic carbocycles. The van der Waals surface area contributed by atoms with E-state index in [9.17, 15) is 33.9 Å². The number of esters is 1. The number of aliphatic hydroxyl groups is 1. The minimum absolute atomic E-state index is 0.0103. The maximum atomic E-state index is 14.6. The first-order valence-corrected chi connectivity index (χ1v) is 22.0. The van der Waals surface area contributed by atoms with E-state index in [0.717, 1.165) is 17.4 Å². The molecule has 2 saturated heterocycles. The predicted octanol–water partition coefficient (Wildman–Crippen LogP) is 6.06. The van der Waals surface area contributed by atoms with Crippen LogP contribution < -0.4 is 15.5 Å². The number of aliphatic hydroxyl groups excluding tert-OH is 1. The molecule has 66 heavy (non-hydrogen) atoms. The zero-order chi connectivity index (χ0) is 47.5. The smallest absolute Gasteiger partial charge is 0.419 e. The van der Waals surface area contributed by atoms with Crippen LogP contribution in [0.2, 0.25) is 5.02 Å². The molecule has 7 rings (SSSR count). The van der Waals surface area contributed by atoms with E-state index in [2.05, 4.69) is 26.2 Å². The molecule has 2 aliphatic heterocycles. The van der Waals surface area contributed by atoms with E-state index in [0.29, 0.717) is 64.0 Å². The van der Waals surface area contributed by atoms with Crippen LogP contribution in [0.3, 0.4) is 0 Å². The first kappa shape index (κ1) is 47.1. The lowest BCUT2D eigenvalue weighted by Crippen LogP contribution is -2.60. The minimum atomic E-state index is -1.22. The molecular weight excluding hydrogens is 872 g/mol. The summed E-state index contributed by atoms with van der Waals surface area (Å²) >= 11 is 6.36. The zero-order valence-corrected chi connectivity index (χ0v) is 38.4. The lowest BCUT2D eigenvalue weighted by molar-refractivity contribution is -0.149. The van der Waals surface area contributed by atoms with Gasteiger partial charge in [-0.3, -0.25) is 14.4 Å². The number of hydrogen-bond donors (Lipinski definition) is 3. The highest BCUT2D eigenvalue weighted by Crippen LogP contribution is 2.31. The summed E-state index contributed by atoms with van der Waals surface area (Å²) in [7, 11) is 0. The van der Waals surface area contributed by atoms with Crippen LogP contribution in [-0.2, 0) is 30.3 Å². The number of rotatable bonds is 11. The van der Waals surface area contributed by atoms with E-state index in [1.54, 1.807) is 101 Å². The number of carbonyl (C=O) groups is 6. The number of aromatic nitrogens is 5. The van der Waals surface area contributed by atoms with E-state index >= 15 is 0 Å². The SMILES string of the molecule is CC(C)(C)OC(=O)c1cc2cc(NC(=O)[C@H](Cc3ccc(NC(=O)N4CCC(CCO)CC4)cc3)N3CCN(c4cc(Cl)ccc4-n4cnnn4)C(=O)C3=O)ccc2n1C(=O)OC(C)(C)C. The fourth-order valence-corrected chi connectivity index (χ4v) is 8.13. The van der Waals surface area contributed by atoms with E-state index in [-0.39, 0.29) is 43.5 Å². The van der Waals surface area contributed by atoms with Crippen LogP contribution >= 0.6 is 11.6 Å². The lowest BCUT2D eigenvalue weighted by atomic mass is 9.94. The van der Waals surface area contributed by atoms with Crippen LogP contribution in [-0.4, -0.2) is 126 Å². The molecule has 1 atom stereocenters. The number of hydrogen-bond acceptors (Lipinski definition) is 12. The number of piperazine rings is 1. The van der Waals surface area contributed by atoms with Crippen molar-refractivity contribution in [3.8, 4) is 5.69 Å². The third-order valence-corrected chi connectivity index (χ3v) is 11.3. The largest absolute Gasteiger partial charge is 0.455 e. The number of anilines is 3. The Morgan fingerprint density at radius 2 is 1.52 bits per heavy atom. The van der Waals surface area contributed by atoms with Gasteiger partial charge in [-0.15, -0.1) is 5.10 Å². The number of piperidine rings is 1. The van der Waals surface area contributed by atoms with E-state index in [1.165, 1.54) is 32.9 Å². The molecule has 0 bridgehead atoms. The first-order valence-electron chi connectivity index (χ1n) is 21.6. The average molecular weight is 925 g/mol. The van der Waals surface area contributed by atoms with Crippen molar-refractivity contribution in [1.82, 2.24) is 34.6 Å². The van der Waals surface area contributed by atoms with Crippen molar-refractivity contribution >= 4 is 75.4 Å². The Morgan fingerprint density at radius 1 is 0.818 bits per heavy atom. The maximum Gasteiger partial charge on any atom is 0.419 e. The lowest BCUT2D eigenvalue weighted by Gasteiger charge is -2.38. The topological polar surface area (TPSA) is 223 Å². The number of tetrazole rings is 1. The Kier molecular flexibility index (Phi) is 13.8. The highest BCUT2D eigenvalue weighted by Gasteiger charge is 2.41. The molecule has 4 heterocycles. The Morgan fingerprint density at radius 3 is 2.17 bits per heavy atom. The quantitative estimate of drug-likeness (QED) is 0.102. The number of fused-ring (bicyclic) bond motifs is 1. The molecule has 3 N–H and O–H groups in total. The molecule has 3 aromatic carbocycles. The number of ether oxygens (including phenoxy) is 2. The third kappa shape index (κ3) is 11.0. The van der Waals surface area contributed by atoms with Crippen molar-refractivity contribution in [2.24, 2.45) is 5.92 Å². The van der Waals surface area contributed by atoms with Gasteiger partial charge in [-0.25, -0.2) is 19.0 Å². The van der Waals surface area contributed by atoms with Crippen LogP contribution in [0.5, 0.6) is 0 Å². The molecular formula is C46H53ClN10O9. The normalized spacial score (nSPS) is 15.5. The standard InChI is InChI=1S/C46H53ClN10O9/c1-45(2,3)65-42(62)38-25-30-24-33(12-14-34(30)57(38)44(64)66-46(4,5)6)49-39(59)37(23-29-7-10-32(11-8-29)50-43(63)53-18-15-28(16-19-53)17-22-58)55-21-20-54(40(60)41(55)61)36-26-31(47)9-13-35(36)56-27-48-51-52-56/h7-14,24-28,37,58H,15-23H2,1-6H3,(H,49,59)(H,50,63)/t37-/m0/s1. The van der Waals surface area contributed by atoms with Gasteiger partial charge in [-0.1, -0.05) is 23.7 Å². The van der Waals surface area contributed by atoms with Gasteiger partial charge in [-0.2, -0.15) is 4.68 Å². The van der Waals surface area contributed by atoms with Crippen LogP contribution in [0.25, 0.3) is 16.6 Å². The van der Waals surface area contributed by atoms with Gasteiger partial charge in [0.2, 0.25) is 5.91 Å². The van der Waals surface area contributed by atoms with Gasteiger partial charge in [0.05, 0.1) is 16.9 Å². The number of urea groups is 1. The third-order valence-electron chi connectivity index (χ3n) is 11.1. The summed E-state index contributed by atoms with van der Waals surface area (Å²) in [6, 6.07) is 16.3. The van der Waals surface area contributed by atoms with E-state index in [4.69, 9.17) is 21.1 Å². The van der Waals surface area contributed by atoms with Crippen molar-refractivity contribution in [2.75, 3.05) is 48.3 Å².